The second-order valence-electron chi connectivity index (χ2n) is 6.44. The van der Waals surface area contributed by atoms with E-state index in [9.17, 15) is 18.0 Å². The molecule has 0 saturated carbocycles. The van der Waals surface area contributed by atoms with Crippen LogP contribution in [0.1, 0.15) is 34.8 Å². The molecule has 0 fully saturated rings. The zero-order valence-corrected chi connectivity index (χ0v) is 16.3. The van der Waals surface area contributed by atoms with Crippen LogP contribution >= 0.6 is 0 Å². The molecule has 2 aromatic rings. The Morgan fingerprint density at radius 3 is 2.50 bits per heavy atom. The summed E-state index contributed by atoms with van der Waals surface area (Å²) >= 11 is 0. The van der Waals surface area contributed by atoms with E-state index in [0.29, 0.717) is 11.1 Å². The van der Waals surface area contributed by atoms with E-state index in [2.05, 4.69) is 9.71 Å². The van der Waals surface area contributed by atoms with Gasteiger partial charge in [-0.1, -0.05) is 42.0 Å². The summed E-state index contributed by atoms with van der Waals surface area (Å²) in [5.74, 6) is -0.657. The molecule has 1 aliphatic rings. The lowest BCUT2D eigenvalue weighted by Gasteiger charge is -2.12. The van der Waals surface area contributed by atoms with Gasteiger partial charge in [-0.05, 0) is 26.0 Å². The summed E-state index contributed by atoms with van der Waals surface area (Å²) in [6.45, 7) is 3.48. The van der Waals surface area contributed by atoms with Crippen molar-refractivity contribution in [3.05, 3.63) is 65.2 Å². The molecule has 0 spiro atoms. The Morgan fingerprint density at radius 2 is 1.79 bits per heavy atom. The number of nitrogens with one attached hydrogen (secondary N) is 1. The first kappa shape index (κ1) is 19.8. The SMILES string of the molecule is Cc1ccc(C(=O)[C@@H](C)OC(=O)CCN=C2NS(=O)(=O)c3ccccc32)cc1. The van der Waals surface area contributed by atoms with Gasteiger partial charge in [0, 0.05) is 11.1 Å². The van der Waals surface area contributed by atoms with Crippen molar-refractivity contribution in [1.29, 1.82) is 0 Å². The maximum absolute atomic E-state index is 12.3. The Labute approximate surface area is 163 Å². The fraction of sp³-hybridized carbons (Fsp3) is 0.250. The minimum atomic E-state index is -3.61. The molecule has 0 bridgehead atoms. The third kappa shape index (κ3) is 4.28. The predicted molar refractivity (Wildman–Crippen MR) is 104 cm³/mol. The monoisotopic (exact) mass is 400 g/mol. The van der Waals surface area contributed by atoms with E-state index in [0.717, 1.165) is 5.56 Å². The fourth-order valence-corrected chi connectivity index (χ4v) is 4.02. The Hall–Kier alpha value is -3.00. The molecule has 0 aliphatic carbocycles. The van der Waals surface area contributed by atoms with Gasteiger partial charge in [-0.3, -0.25) is 19.3 Å². The number of sulfonamides is 1. The third-order valence-corrected chi connectivity index (χ3v) is 5.66. The third-order valence-electron chi connectivity index (χ3n) is 4.26. The average molecular weight is 400 g/mol. The number of esters is 1. The molecule has 8 heteroatoms. The van der Waals surface area contributed by atoms with Gasteiger partial charge in [0.05, 0.1) is 17.9 Å². The number of amidine groups is 1. The summed E-state index contributed by atoms with van der Waals surface area (Å²) < 4.78 is 31.6. The predicted octanol–water partition coefficient (Wildman–Crippen LogP) is 2.24. The van der Waals surface area contributed by atoms with E-state index in [4.69, 9.17) is 4.74 Å². The van der Waals surface area contributed by atoms with Crippen molar-refractivity contribution in [2.75, 3.05) is 6.54 Å². The number of ketones is 1. The van der Waals surface area contributed by atoms with Gasteiger partial charge in [0.25, 0.3) is 10.0 Å². The van der Waals surface area contributed by atoms with E-state index in [1.807, 2.05) is 19.1 Å². The number of hydrogen-bond acceptors (Lipinski definition) is 6. The van der Waals surface area contributed by atoms with Crippen molar-refractivity contribution < 1.29 is 22.7 Å². The summed E-state index contributed by atoms with van der Waals surface area (Å²) in [4.78, 5) is 28.6. The van der Waals surface area contributed by atoms with Crippen LogP contribution in [0.3, 0.4) is 0 Å². The van der Waals surface area contributed by atoms with E-state index in [1.54, 1.807) is 30.3 Å². The largest absolute Gasteiger partial charge is 0.454 e. The van der Waals surface area contributed by atoms with Crippen LogP contribution in [0, 0.1) is 6.92 Å². The topological polar surface area (TPSA) is 102 Å². The summed E-state index contributed by atoms with van der Waals surface area (Å²) in [5.41, 5.74) is 1.98. The number of aliphatic imine (C=N–C) groups is 1. The number of ether oxygens (including phenoxy) is 1. The number of aryl methyl sites for hydroxylation is 1. The van der Waals surface area contributed by atoms with Crippen LogP contribution in [-0.4, -0.2) is 38.7 Å². The zero-order chi connectivity index (χ0) is 20.3. The minimum absolute atomic E-state index is 0.0382. The molecule has 2 aromatic carbocycles. The van der Waals surface area contributed by atoms with Crippen LogP contribution in [0.15, 0.2) is 58.4 Å². The highest BCUT2D eigenvalue weighted by molar-refractivity contribution is 7.90. The van der Waals surface area contributed by atoms with Crippen molar-refractivity contribution in [3.63, 3.8) is 0 Å². The molecular formula is C20H20N2O5S. The van der Waals surface area contributed by atoms with Crippen molar-refractivity contribution in [2.45, 2.75) is 31.3 Å². The van der Waals surface area contributed by atoms with Gasteiger partial charge in [-0.2, -0.15) is 0 Å². The molecule has 3 rings (SSSR count). The van der Waals surface area contributed by atoms with Gasteiger partial charge in [0.1, 0.15) is 5.84 Å². The minimum Gasteiger partial charge on any atom is -0.454 e. The number of carbonyl (C=O) groups excluding carboxylic acids is 2. The van der Waals surface area contributed by atoms with Crippen molar-refractivity contribution in [1.82, 2.24) is 4.72 Å². The van der Waals surface area contributed by atoms with E-state index in [1.165, 1.54) is 13.0 Å². The van der Waals surface area contributed by atoms with Crippen LogP contribution in [0.25, 0.3) is 0 Å². The van der Waals surface area contributed by atoms with Crippen LogP contribution < -0.4 is 4.72 Å². The van der Waals surface area contributed by atoms with E-state index in [-0.39, 0.29) is 29.5 Å². The highest BCUT2D eigenvalue weighted by Crippen LogP contribution is 2.22. The molecular weight excluding hydrogens is 380 g/mol. The maximum atomic E-state index is 12.3. The highest BCUT2D eigenvalue weighted by atomic mass is 32.2. The highest BCUT2D eigenvalue weighted by Gasteiger charge is 2.30. The molecule has 1 aliphatic heterocycles. The molecule has 0 aromatic heterocycles. The number of hydrogen-bond donors (Lipinski definition) is 1. The Kier molecular flexibility index (Phi) is 5.60. The van der Waals surface area contributed by atoms with Crippen molar-refractivity contribution in [2.24, 2.45) is 4.99 Å². The van der Waals surface area contributed by atoms with Crippen LogP contribution in [-0.2, 0) is 19.6 Å². The zero-order valence-electron chi connectivity index (χ0n) is 15.5. The number of carbonyl (C=O) groups is 2. The van der Waals surface area contributed by atoms with Gasteiger partial charge < -0.3 is 4.74 Å². The van der Waals surface area contributed by atoms with E-state index < -0.39 is 22.1 Å². The first-order valence-electron chi connectivity index (χ1n) is 8.75. The summed E-state index contributed by atoms with van der Waals surface area (Å²) in [7, 11) is -3.61. The van der Waals surface area contributed by atoms with Gasteiger partial charge in [0.15, 0.2) is 6.10 Å². The van der Waals surface area contributed by atoms with Crippen LogP contribution in [0.4, 0.5) is 0 Å². The number of benzene rings is 2. The normalized spacial score (nSPS) is 16.9. The Morgan fingerprint density at radius 1 is 1.11 bits per heavy atom. The molecule has 0 radical (unpaired) electrons. The molecule has 7 nitrogen and oxygen atoms in total. The first-order valence-corrected chi connectivity index (χ1v) is 10.2. The summed E-state index contributed by atoms with van der Waals surface area (Å²) in [6.07, 6.45) is -0.979. The lowest BCUT2D eigenvalue weighted by Crippen LogP contribution is -2.25. The average Bonchev–Trinajstić information content (AvgIpc) is 2.92. The van der Waals surface area contributed by atoms with E-state index >= 15 is 0 Å². The lowest BCUT2D eigenvalue weighted by molar-refractivity contribution is -0.146. The summed E-state index contributed by atoms with van der Waals surface area (Å²) in [5, 5.41) is 0. The Bertz CT molecular complexity index is 1040. The molecule has 1 atom stereocenters. The Balaban J connectivity index is 1.57. The second kappa shape index (κ2) is 7.93. The fourth-order valence-electron chi connectivity index (χ4n) is 2.77. The van der Waals surface area contributed by atoms with Crippen LogP contribution in [0.2, 0.25) is 0 Å². The second-order valence-corrected chi connectivity index (χ2v) is 8.10. The van der Waals surface area contributed by atoms with Gasteiger partial charge in [0.2, 0.25) is 5.78 Å². The summed E-state index contributed by atoms with van der Waals surface area (Å²) in [6, 6.07) is 13.5. The molecule has 1 N–H and O–H groups in total. The molecule has 0 amide bonds. The quantitative estimate of drug-likeness (QED) is 0.592. The molecule has 0 saturated heterocycles. The standard InChI is InChI=1S/C20H20N2O5S/c1-13-7-9-15(10-8-13)19(24)14(2)27-18(23)11-12-21-20-16-5-3-4-6-17(16)28(25,26)22-20/h3-10,14H,11-12H2,1-2H3,(H,21,22)/t14-/m1/s1. The number of rotatable bonds is 6. The van der Waals surface area contributed by atoms with Crippen LogP contribution in [0.5, 0.6) is 0 Å². The van der Waals surface area contributed by atoms with Crippen molar-refractivity contribution >= 4 is 27.6 Å². The molecule has 0 unspecified atom stereocenters. The number of nitrogens with zero attached hydrogens (tertiary/aromatic N) is 1. The molecule has 1 heterocycles. The van der Waals surface area contributed by atoms with Gasteiger partial charge in [-0.15, -0.1) is 0 Å². The van der Waals surface area contributed by atoms with Crippen molar-refractivity contribution in [3.8, 4) is 0 Å². The first-order chi connectivity index (χ1) is 13.3. The molecule has 146 valence electrons. The van der Waals surface area contributed by atoms with Gasteiger partial charge >= 0.3 is 5.97 Å². The number of Topliss-reactive ketones (excluding diaryl/α,β-unsaturated/α-hetero) is 1. The maximum Gasteiger partial charge on any atom is 0.308 e. The lowest BCUT2D eigenvalue weighted by atomic mass is 10.1. The number of fused-ring (bicyclic) bond motifs is 1. The molecule has 28 heavy (non-hydrogen) atoms. The van der Waals surface area contributed by atoms with Gasteiger partial charge in [-0.25, -0.2) is 8.42 Å². The smallest absolute Gasteiger partial charge is 0.308 e.